The first-order chi connectivity index (χ1) is 8.91. The zero-order chi connectivity index (χ0) is 14.0. The van der Waals surface area contributed by atoms with Gasteiger partial charge in [-0.1, -0.05) is 19.8 Å². The van der Waals surface area contributed by atoms with Crippen LogP contribution in [0.1, 0.15) is 32.6 Å². The van der Waals surface area contributed by atoms with Crippen molar-refractivity contribution in [3.63, 3.8) is 0 Å². The average Bonchev–Trinajstić information content (AvgIpc) is 2.38. The van der Waals surface area contributed by atoms with Crippen LogP contribution in [0.3, 0.4) is 0 Å². The van der Waals surface area contributed by atoms with E-state index in [1.54, 1.807) is 7.05 Å². The summed E-state index contributed by atoms with van der Waals surface area (Å²) in [4.78, 5) is 13.6. The minimum absolute atomic E-state index is 0.0562. The highest BCUT2D eigenvalue weighted by atomic mass is 32.2. The number of hydrogen-bond donors (Lipinski definition) is 1. The molecule has 19 heavy (non-hydrogen) atoms. The number of nitrogens with zero attached hydrogens (tertiary/aromatic N) is 1. The van der Waals surface area contributed by atoms with Crippen molar-refractivity contribution in [3.05, 3.63) is 28.7 Å². The second kappa shape index (κ2) is 5.46. The summed E-state index contributed by atoms with van der Waals surface area (Å²) in [5.74, 6) is 0.562. The first-order valence-electron chi connectivity index (χ1n) is 6.58. The Balaban J connectivity index is 2.23. The van der Waals surface area contributed by atoms with Crippen LogP contribution >= 0.6 is 0 Å². The van der Waals surface area contributed by atoms with Gasteiger partial charge in [0.1, 0.15) is 0 Å². The van der Waals surface area contributed by atoms with Crippen molar-refractivity contribution < 1.29 is 8.42 Å². The Morgan fingerprint density at radius 2 is 2.05 bits per heavy atom. The molecule has 2 rings (SSSR count). The number of sulfonamides is 1. The molecule has 1 aromatic rings. The lowest BCUT2D eigenvalue weighted by Gasteiger charge is -2.33. The number of H-pyrrole nitrogens is 1. The lowest BCUT2D eigenvalue weighted by Crippen LogP contribution is -2.39. The first-order valence-corrected chi connectivity index (χ1v) is 8.02. The lowest BCUT2D eigenvalue weighted by atomic mass is 9.87. The normalized spacial score (nSPS) is 24.6. The highest BCUT2D eigenvalue weighted by Crippen LogP contribution is 2.29. The van der Waals surface area contributed by atoms with E-state index in [0.717, 1.165) is 19.3 Å². The fourth-order valence-electron chi connectivity index (χ4n) is 2.65. The molecule has 0 amide bonds. The quantitative estimate of drug-likeness (QED) is 0.916. The van der Waals surface area contributed by atoms with Crippen LogP contribution < -0.4 is 5.56 Å². The van der Waals surface area contributed by atoms with Crippen molar-refractivity contribution in [3.8, 4) is 0 Å². The number of pyridine rings is 1. The zero-order valence-corrected chi connectivity index (χ0v) is 12.1. The molecule has 1 N–H and O–H groups in total. The molecule has 1 aliphatic carbocycles. The van der Waals surface area contributed by atoms with Gasteiger partial charge in [-0.2, -0.15) is 4.31 Å². The molecular formula is C13H20N2O3S. The minimum atomic E-state index is -3.52. The Hall–Kier alpha value is -1.14. The SMILES string of the molecule is CC1CCCC(N(C)S(=O)(=O)c2ccc(=O)[nH]c2)C1. The molecule has 106 valence electrons. The van der Waals surface area contributed by atoms with Crippen LogP contribution in [0.4, 0.5) is 0 Å². The maximum absolute atomic E-state index is 12.5. The second-order valence-corrected chi connectivity index (χ2v) is 7.33. The van der Waals surface area contributed by atoms with Gasteiger partial charge < -0.3 is 4.98 Å². The third-order valence-corrected chi connectivity index (χ3v) is 5.76. The van der Waals surface area contributed by atoms with Gasteiger partial charge in [0.15, 0.2) is 0 Å². The minimum Gasteiger partial charge on any atom is -0.328 e. The number of hydrogen-bond acceptors (Lipinski definition) is 3. The molecule has 5 nitrogen and oxygen atoms in total. The average molecular weight is 284 g/mol. The molecule has 1 saturated carbocycles. The van der Waals surface area contributed by atoms with Gasteiger partial charge in [0.05, 0.1) is 4.90 Å². The molecule has 0 aliphatic heterocycles. The molecule has 2 atom stereocenters. The number of aromatic nitrogens is 1. The number of rotatable bonds is 3. The van der Waals surface area contributed by atoms with Crippen LogP contribution in [0.15, 0.2) is 28.0 Å². The maximum Gasteiger partial charge on any atom is 0.247 e. The van der Waals surface area contributed by atoms with Crippen LogP contribution in [0.25, 0.3) is 0 Å². The van der Waals surface area contributed by atoms with E-state index < -0.39 is 10.0 Å². The molecule has 0 radical (unpaired) electrons. The predicted molar refractivity (Wildman–Crippen MR) is 73.4 cm³/mol. The van der Waals surface area contributed by atoms with Gasteiger partial charge in [-0.15, -0.1) is 0 Å². The van der Waals surface area contributed by atoms with Gasteiger partial charge in [0, 0.05) is 25.4 Å². The molecule has 0 spiro atoms. The third kappa shape index (κ3) is 3.06. The summed E-state index contributed by atoms with van der Waals surface area (Å²) in [5, 5.41) is 0. The van der Waals surface area contributed by atoms with Gasteiger partial charge in [-0.25, -0.2) is 8.42 Å². The Bertz CT molecular complexity index is 574. The summed E-state index contributed by atoms with van der Waals surface area (Å²) >= 11 is 0. The fourth-order valence-corrected chi connectivity index (χ4v) is 4.02. The smallest absolute Gasteiger partial charge is 0.247 e. The standard InChI is InChI=1S/C13H20N2O3S/c1-10-4-3-5-11(8-10)15(2)19(17,18)12-6-7-13(16)14-9-12/h6-7,9-11H,3-5,8H2,1-2H3,(H,14,16). The van der Waals surface area contributed by atoms with Gasteiger partial charge in [-0.05, 0) is 24.8 Å². The summed E-state index contributed by atoms with van der Waals surface area (Å²) in [5.41, 5.74) is -0.298. The zero-order valence-electron chi connectivity index (χ0n) is 11.3. The molecular weight excluding hydrogens is 264 g/mol. The first kappa shape index (κ1) is 14.3. The summed E-state index contributed by atoms with van der Waals surface area (Å²) < 4.78 is 26.4. The van der Waals surface area contributed by atoms with Crippen molar-refractivity contribution in [1.29, 1.82) is 0 Å². The van der Waals surface area contributed by atoms with E-state index in [4.69, 9.17) is 0 Å². The molecule has 6 heteroatoms. The largest absolute Gasteiger partial charge is 0.328 e. The highest BCUT2D eigenvalue weighted by molar-refractivity contribution is 7.89. The van der Waals surface area contributed by atoms with Crippen LogP contribution in [0.2, 0.25) is 0 Å². The maximum atomic E-state index is 12.5. The molecule has 1 fully saturated rings. The van der Waals surface area contributed by atoms with E-state index in [9.17, 15) is 13.2 Å². The monoisotopic (exact) mass is 284 g/mol. The lowest BCUT2D eigenvalue weighted by molar-refractivity contribution is 0.239. The fraction of sp³-hybridized carbons (Fsp3) is 0.615. The van der Waals surface area contributed by atoms with E-state index in [1.165, 1.54) is 29.1 Å². The second-order valence-electron chi connectivity index (χ2n) is 5.34. The molecule has 1 heterocycles. The number of aromatic amines is 1. The Morgan fingerprint density at radius 1 is 1.32 bits per heavy atom. The van der Waals surface area contributed by atoms with E-state index in [0.29, 0.717) is 5.92 Å². The van der Waals surface area contributed by atoms with Gasteiger partial charge in [0.25, 0.3) is 0 Å². The summed E-state index contributed by atoms with van der Waals surface area (Å²) in [6.07, 6.45) is 5.31. The van der Waals surface area contributed by atoms with E-state index in [2.05, 4.69) is 11.9 Å². The highest BCUT2D eigenvalue weighted by Gasteiger charge is 2.30. The Labute approximate surface area is 113 Å². The van der Waals surface area contributed by atoms with Gasteiger partial charge in [-0.3, -0.25) is 4.79 Å². The van der Waals surface area contributed by atoms with Crippen molar-refractivity contribution in [2.75, 3.05) is 7.05 Å². The predicted octanol–water partition coefficient (Wildman–Crippen LogP) is 1.57. The topological polar surface area (TPSA) is 70.2 Å². The van der Waals surface area contributed by atoms with E-state index in [-0.39, 0.29) is 16.5 Å². The Morgan fingerprint density at radius 3 is 2.63 bits per heavy atom. The van der Waals surface area contributed by atoms with Crippen LogP contribution in [0.5, 0.6) is 0 Å². The molecule has 0 aromatic carbocycles. The van der Waals surface area contributed by atoms with Crippen LogP contribution in [-0.2, 0) is 10.0 Å². The van der Waals surface area contributed by atoms with Crippen LogP contribution in [0, 0.1) is 5.92 Å². The van der Waals surface area contributed by atoms with E-state index >= 15 is 0 Å². The van der Waals surface area contributed by atoms with Crippen molar-refractivity contribution in [1.82, 2.24) is 9.29 Å². The molecule has 0 bridgehead atoms. The summed E-state index contributed by atoms with van der Waals surface area (Å²) in [6.45, 7) is 2.16. The van der Waals surface area contributed by atoms with E-state index in [1.807, 2.05) is 0 Å². The summed E-state index contributed by atoms with van der Waals surface area (Å²) in [7, 11) is -1.89. The summed E-state index contributed by atoms with van der Waals surface area (Å²) in [6, 6.07) is 2.65. The molecule has 0 saturated heterocycles. The van der Waals surface area contributed by atoms with Crippen molar-refractivity contribution in [2.24, 2.45) is 5.92 Å². The van der Waals surface area contributed by atoms with Crippen molar-refractivity contribution >= 4 is 10.0 Å². The molecule has 2 unspecified atom stereocenters. The number of nitrogens with one attached hydrogen (secondary N) is 1. The molecule has 1 aliphatic rings. The van der Waals surface area contributed by atoms with Crippen LogP contribution in [-0.4, -0.2) is 30.8 Å². The van der Waals surface area contributed by atoms with Gasteiger partial charge in [0.2, 0.25) is 15.6 Å². The molecule has 1 aromatic heterocycles. The van der Waals surface area contributed by atoms with Gasteiger partial charge >= 0.3 is 0 Å². The van der Waals surface area contributed by atoms with Crippen molar-refractivity contribution in [2.45, 2.75) is 43.5 Å². The Kier molecular flexibility index (Phi) is 4.10. The third-order valence-electron chi connectivity index (χ3n) is 3.86.